The lowest BCUT2D eigenvalue weighted by atomic mass is 10.0. The molecule has 0 saturated carbocycles. The zero-order chi connectivity index (χ0) is 19.4. The first-order valence-electron chi connectivity index (χ1n) is 8.40. The largest absolute Gasteiger partial charge is 0.462 e. The van der Waals surface area contributed by atoms with Crippen molar-refractivity contribution < 1.29 is 23.9 Å². The van der Waals surface area contributed by atoms with Gasteiger partial charge in [-0.2, -0.15) is 0 Å². The monoisotopic (exact) mass is 357 g/mol. The molecule has 0 atom stereocenters. The van der Waals surface area contributed by atoms with E-state index in [1.807, 2.05) is 19.9 Å². The van der Waals surface area contributed by atoms with E-state index in [1.165, 1.54) is 0 Å². The van der Waals surface area contributed by atoms with Crippen LogP contribution in [0.1, 0.15) is 60.5 Å². The van der Waals surface area contributed by atoms with Gasteiger partial charge in [0.2, 0.25) is 5.78 Å². The Morgan fingerprint density at radius 2 is 1.65 bits per heavy atom. The van der Waals surface area contributed by atoms with E-state index in [2.05, 4.69) is 4.98 Å². The summed E-state index contributed by atoms with van der Waals surface area (Å²) in [5, 5.41) is 0. The first-order chi connectivity index (χ1) is 12.3. The van der Waals surface area contributed by atoms with Crippen LogP contribution in [0.2, 0.25) is 0 Å². The van der Waals surface area contributed by atoms with Crippen LogP contribution in [0.25, 0.3) is 0 Å². The summed E-state index contributed by atoms with van der Waals surface area (Å²) in [5.41, 5.74) is 3.86. The van der Waals surface area contributed by atoms with E-state index in [4.69, 9.17) is 9.47 Å². The van der Waals surface area contributed by atoms with E-state index in [-0.39, 0.29) is 12.3 Å². The Balaban J connectivity index is 2.13. The zero-order valence-corrected chi connectivity index (χ0v) is 15.7. The summed E-state index contributed by atoms with van der Waals surface area (Å²) in [4.78, 5) is 39.6. The molecule has 1 heterocycles. The van der Waals surface area contributed by atoms with Crippen molar-refractivity contribution in [2.24, 2.45) is 0 Å². The molecule has 0 aliphatic rings. The fourth-order valence-corrected chi connectivity index (χ4v) is 2.79. The Morgan fingerprint density at radius 1 is 0.962 bits per heavy atom. The molecule has 26 heavy (non-hydrogen) atoms. The Morgan fingerprint density at radius 3 is 2.31 bits per heavy atom. The maximum atomic E-state index is 12.4. The Bertz CT molecular complexity index is 863. The normalized spacial score (nSPS) is 10.5. The summed E-state index contributed by atoms with van der Waals surface area (Å²) < 4.78 is 10.2. The van der Waals surface area contributed by atoms with Crippen LogP contribution >= 0.6 is 0 Å². The maximum absolute atomic E-state index is 12.4. The molecule has 0 unspecified atom stereocenters. The summed E-state index contributed by atoms with van der Waals surface area (Å²) in [7, 11) is 0. The number of nitrogens with one attached hydrogen (secondary N) is 1. The molecule has 1 N–H and O–H groups in total. The van der Waals surface area contributed by atoms with Crippen molar-refractivity contribution in [3.05, 3.63) is 57.4 Å². The first-order valence-corrected chi connectivity index (χ1v) is 8.40. The van der Waals surface area contributed by atoms with Crippen molar-refractivity contribution in [1.82, 2.24) is 4.98 Å². The standard InChI is InChI=1S/C20H23NO5/c1-6-25-20(24)17-13(4)18(21-14(17)5)16(22)10-26-19(23)15-9-7-8-11(2)12(15)3/h7-9,21H,6,10H2,1-5H3. The van der Waals surface area contributed by atoms with Gasteiger partial charge in [-0.3, -0.25) is 4.79 Å². The van der Waals surface area contributed by atoms with Crippen molar-refractivity contribution in [2.45, 2.75) is 34.6 Å². The van der Waals surface area contributed by atoms with Gasteiger partial charge in [-0.1, -0.05) is 12.1 Å². The van der Waals surface area contributed by atoms with Gasteiger partial charge in [0.15, 0.2) is 6.61 Å². The molecule has 0 radical (unpaired) electrons. The number of carbonyl (C=O) groups excluding carboxylic acids is 3. The van der Waals surface area contributed by atoms with Crippen molar-refractivity contribution in [2.75, 3.05) is 13.2 Å². The highest BCUT2D eigenvalue weighted by Gasteiger charge is 2.23. The van der Waals surface area contributed by atoms with Crippen LogP contribution in [-0.4, -0.2) is 35.9 Å². The van der Waals surface area contributed by atoms with Gasteiger partial charge in [0.05, 0.1) is 23.4 Å². The summed E-state index contributed by atoms with van der Waals surface area (Å²) in [6.45, 7) is 8.65. The number of H-pyrrole nitrogens is 1. The second-order valence-electron chi connectivity index (χ2n) is 6.09. The smallest absolute Gasteiger partial charge is 0.340 e. The van der Waals surface area contributed by atoms with Crippen LogP contribution in [0.15, 0.2) is 18.2 Å². The second kappa shape index (κ2) is 7.99. The molecular weight excluding hydrogens is 334 g/mol. The number of ether oxygens (including phenoxy) is 2. The SMILES string of the molecule is CCOC(=O)c1c(C)[nH]c(C(=O)COC(=O)c2cccc(C)c2C)c1C. The maximum Gasteiger partial charge on any atom is 0.340 e. The number of Topliss-reactive ketones (excluding diaryl/α,β-unsaturated/α-hetero) is 1. The minimum absolute atomic E-state index is 0.249. The summed E-state index contributed by atoms with van der Waals surface area (Å²) in [6, 6.07) is 5.34. The van der Waals surface area contributed by atoms with Crippen molar-refractivity contribution >= 4 is 17.7 Å². The second-order valence-corrected chi connectivity index (χ2v) is 6.09. The van der Waals surface area contributed by atoms with E-state index >= 15 is 0 Å². The molecular formula is C20H23NO5. The van der Waals surface area contributed by atoms with Gasteiger partial charge in [0.25, 0.3) is 0 Å². The number of hydrogen-bond donors (Lipinski definition) is 1. The minimum Gasteiger partial charge on any atom is -0.462 e. The molecule has 2 aromatic rings. The highest BCUT2D eigenvalue weighted by molar-refractivity contribution is 6.03. The molecule has 0 spiro atoms. The zero-order valence-electron chi connectivity index (χ0n) is 15.7. The third-order valence-corrected chi connectivity index (χ3v) is 4.35. The Labute approximate surface area is 152 Å². The van der Waals surface area contributed by atoms with Gasteiger partial charge >= 0.3 is 11.9 Å². The van der Waals surface area contributed by atoms with Gasteiger partial charge in [-0.15, -0.1) is 0 Å². The van der Waals surface area contributed by atoms with E-state index in [9.17, 15) is 14.4 Å². The lowest BCUT2D eigenvalue weighted by molar-refractivity contribution is 0.0471. The van der Waals surface area contributed by atoms with Gasteiger partial charge in [0.1, 0.15) is 0 Å². The number of esters is 2. The number of carbonyl (C=O) groups is 3. The van der Waals surface area contributed by atoms with Gasteiger partial charge in [-0.05, 0) is 57.4 Å². The van der Waals surface area contributed by atoms with Crippen LogP contribution < -0.4 is 0 Å². The lowest BCUT2D eigenvalue weighted by Crippen LogP contribution is -2.16. The molecule has 0 aliphatic heterocycles. The molecule has 2 rings (SSSR count). The molecule has 1 aromatic carbocycles. The fraction of sp³-hybridized carbons (Fsp3) is 0.350. The van der Waals surface area contributed by atoms with E-state index in [1.54, 1.807) is 32.9 Å². The van der Waals surface area contributed by atoms with Crippen molar-refractivity contribution in [3.63, 3.8) is 0 Å². The minimum atomic E-state index is -0.550. The summed E-state index contributed by atoms with van der Waals surface area (Å²) in [5.74, 6) is -1.43. The molecule has 6 nitrogen and oxygen atoms in total. The third kappa shape index (κ3) is 3.85. The molecule has 0 bridgehead atoms. The van der Waals surface area contributed by atoms with Gasteiger partial charge < -0.3 is 14.5 Å². The molecule has 0 amide bonds. The third-order valence-electron chi connectivity index (χ3n) is 4.35. The van der Waals surface area contributed by atoms with Gasteiger partial charge in [-0.25, -0.2) is 9.59 Å². The number of aryl methyl sites for hydroxylation is 2. The predicted octanol–water partition coefficient (Wildman–Crippen LogP) is 3.46. The number of benzene rings is 1. The average Bonchev–Trinajstić information content (AvgIpc) is 2.89. The summed E-state index contributed by atoms with van der Waals surface area (Å²) in [6.07, 6.45) is 0. The highest BCUT2D eigenvalue weighted by atomic mass is 16.5. The molecule has 0 fully saturated rings. The molecule has 0 aliphatic carbocycles. The predicted molar refractivity (Wildman–Crippen MR) is 96.8 cm³/mol. The quantitative estimate of drug-likeness (QED) is 0.632. The Kier molecular flexibility index (Phi) is 5.97. The van der Waals surface area contributed by atoms with E-state index in [0.717, 1.165) is 11.1 Å². The van der Waals surface area contributed by atoms with E-state index < -0.39 is 24.3 Å². The van der Waals surface area contributed by atoms with E-state index in [0.29, 0.717) is 22.4 Å². The molecule has 6 heteroatoms. The van der Waals surface area contributed by atoms with Crippen LogP contribution in [0.4, 0.5) is 0 Å². The van der Waals surface area contributed by atoms with Gasteiger partial charge in [0, 0.05) is 5.69 Å². The Hall–Kier alpha value is -2.89. The lowest BCUT2D eigenvalue weighted by Gasteiger charge is -2.08. The van der Waals surface area contributed by atoms with Crippen molar-refractivity contribution in [3.8, 4) is 0 Å². The molecule has 1 aromatic heterocycles. The average molecular weight is 357 g/mol. The first kappa shape index (κ1) is 19.4. The molecule has 0 saturated heterocycles. The number of rotatable bonds is 6. The van der Waals surface area contributed by atoms with Crippen molar-refractivity contribution in [1.29, 1.82) is 0 Å². The number of ketones is 1. The molecule has 138 valence electrons. The highest BCUT2D eigenvalue weighted by Crippen LogP contribution is 2.20. The van der Waals surface area contributed by atoms with Crippen LogP contribution in [0, 0.1) is 27.7 Å². The fourth-order valence-electron chi connectivity index (χ4n) is 2.79. The summed E-state index contributed by atoms with van der Waals surface area (Å²) >= 11 is 0. The topological polar surface area (TPSA) is 85.5 Å². The van der Waals surface area contributed by atoms with Crippen LogP contribution in [-0.2, 0) is 9.47 Å². The number of aromatic nitrogens is 1. The number of aromatic amines is 1. The van der Waals surface area contributed by atoms with Crippen LogP contribution in [0.5, 0.6) is 0 Å². The number of hydrogen-bond acceptors (Lipinski definition) is 5. The van der Waals surface area contributed by atoms with Crippen LogP contribution in [0.3, 0.4) is 0 Å².